The largest absolute Gasteiger partial charge is 0.370 e. The Morgan fingerprint density at radius 1 is 0.619 bits per heavy atom. The van der Waals surface area contributed by atoms with E-state index in [1.165, 1.54) is 101 Å². The maximum absolute atomic E-state index is 5.56. The van der Waals surface area contributed by atoms with Crippen molar-refractivity contribution in [3.05, 3.63) is 0 Å². The van der Waals surface area contributed by atoms with Crippen LogP contribution in [0.5, 0.6) is 0 Å². The van der Waals surface area contributed by atoms with Gasteiger partial charge in [-0.1, -0.05) is 65.2 Å². The maximum Gasteiger partial charge on any atom is 0.102 e. The summed E-state index contributed by atoms with van der Waals surface area (Å²) in [5.74, 6) is 0. The van der Waals surface area contributed by atoms with Crippen LogP contribution in [0.3, 0.4) is 0 Å². The Balaban J connectivity index is 1.96. The van der Waals surface area contributed by atoms with Crippen LogP contribution in [-0.2, 0) is 4.74 Å². The Kier molecular flexibility index (Phi) is 11.3. The summed E-state index contributed by atoms with van der Waals surface area (Å²) in [6.07, 6.45) is 15.7. The van der Waals surface area contributed by atoms with Gasteiger partial charge < -0.3 is 9.22 Å². The molecule has 2 heteroatoms. The number of quaternary nitrogens is 1. The van der Waals surface area contributed by atoms with E-state index in [0.717, 1.165) is 13.2 Å². The van der Waals surface area contributed by atoms with E-state index in [0.29, 0.717) is 0 Å². The van der Waals surface area contributed by atoms with Crippen molar-refractivity contribution < 1.29 is 9.22 Å². The lowest BCUT2D eigenvalue weighted by atomic mass is 10.1. The molecule has 0 spiro atoms. The van der Waals surface area contributed by atoms with Crippen LogP contribution in [0.25, 0.3) is 0 Å². The van der Waals surface area contributed by atoms with Gasteiger partial charge in [-0.05, 0) is 19.3 Å². The number of unbranched alkanes of at least 4 members (excludes halogenated alkanes) is 9. The van der Waals surface area contributed by atoms with E-state index in [-0.39, 0.29) is 0 Å². The van der Waals surface area contributed by atoms with E-state index < -0.39 is 0 Å². The standard InChI is InChI=1S/C19H40NO/c1-3-5-6-7-8-9-10-11-12-13-15-20(14-4-2)16-18-21-19-17-20/h3-19H2,1-2H3/q+1. The maximum atomic E-state index is 5.56. The number of hydrogen-bond donors (Lipinski definition) is 0. The van der Waals surface area contributed by atoms with Gasteiger partial charge in [-0.2, -0.15) is 0 Å². The van der Waals surface area contributed by atoms with Gasteiger partial charge in [-0.25, -0.2) is 0 Å². The van der Waals surface area contributed by atoms with Crippen LogP contribution in [-0.4, -0.2) is 43.9 Å². The van der Waals surface area contributed by atoms with Gasteiger partial charge in [0, 0.05) is 0 Å². The summed E-state index contributed by atoms with van der Waals surface area (Å²) in [6, 6.07) is 0. The number of nitrogens with zero attached hydrogens (tertiary/aromatic N) is 1. The fourth-order valence-corrected chi connectivity index (χ4v) is 3.70. The van der Waals surface area contributed by atoms with Gasteiger partial charge in [0.2, 0.25) is 0 Å². The molecular formula is C19H40NO+. The van der Waals surface area contributed by atoms with Crippen LogP contribution >= 0.6 is 0 Å². The average molecular weight is 299 g/mol. The van der Waals surface area contributed by atoms with Crippen molar-refractivity contribution >= 4 is 0 Å². The molecule has 1 fully saturated rings. The summed E-state index contributed by atoms with van der Waals surface area (Å²) in [7, 11) is 0. The summed E-state index contributed by atoms with van der Waals surface area (Å²) in [5.41, 5.74) is 0. The Hall–Kier alpha value is -0.0800. The van der Waals surface area contributed by atoms with Crippen molar-refractivity contribution in [1.29, 1.82) is 0 Å². The topological polar surface area (TPSA) is 9.23 Å². The molecule has 0 aromatic carbocycles. The molecule has 1 aliphatic heterocycles. The van der Waals surface area contributed by atoms with Crippen molar-refractivity contribution in [3.63, 3.8) is 0 Å². The minimum absolute atomic E-state index is 0.984. The summed E-state index contributed by atoms with van der Waals surface area (Å²) in [5, 5.41) is 0. The molecule has 0 radical (unpaired) electrons. The Morgan fingerprint density at radius 2 is 1.14 bits per heavy atom. The minimum atomic E-state index is 0.984. The van der Waals surface area contributed by atoms with E-state index in [4.69, 9.17) is 4.74 Å². The van der Waals surface area contributed by atoms with Gasteiger partial charge in [-0.3, -0.25) is 0 Å². The molecule has 2 nitrogen and oxygen atoms in total. The summed E-state index contributed by atoms with van der Waals surface area (Å²) < 4.78 is 6.90. The summed E-state index contributed by atoms with van der Waals surface area (Å²) >= 11 is 0. The van der Waals surface area contributed by atoms with E-state index in [1.807, 2.05) is 0 Å². The van der Waals surface area contributed by atoms with Gasteiger partial charge in [-0.15, -0.1) is 0 Å². The zero-order valence-corrected chi connectivity index (χ0v) is 14.9. The summed E-state index contributed by atoms with van der Waals surface area (Å²) in [6.45, 7) is 11.9. The van der Waals surface area contributed by atoms with Crippen molar-refractivity contribution in [3.8, 4) is 0 Å². The summed E-state index contributed by atoms with van der Waals surface area (Å²) in [4.78, 5) is 0. The molecule has 0 bridgehead atoms. The number of ether oxygens (including phenoxy) is 1. The first-order chi connectivity index (χ1) is 10.3. The third kappa shape index (κ3) is 8.83. The second-order valence-corrected chi connectivity index (χ2v) is 7.03. The third-order valence-corrected chi connectivity index (χ3v) is 5.10. The van der Waals surface area contributed by atoms with E-state index in [1.54, 1.807) is 0 Å². The zero-order chi connectivity index (χ0) is 15.2. The molecule has 1 rings (SSSR count). The van der Waals surface area contributed by atoms with Gasteiger partial charge in [0.1, 0.15) is 13.1 Å². The van der Waals surface area contributed by atoms with Crippen LogP contribution < -0.4 is 0 Å². The van der Waals surface area contributed by atoms with E-state index in [9.17, 15) is 0 Å². The van der Waals surface area contributed by atoms with Crippen LogP contribution in [0.4, 0.5) is 0 Å². The predicted molar refractivity (Wildman–Crippen MR) is 92.7 cm³/mol. The quantitative estimate of drug-likeness (QED) is 0.337. The fraction of sp³-hybridized carbons (Fsp3) is 1.00. The molecule has 0 aromatic heterocycles. The minimum Gasteiger partial charge on any atom is -0.370 e. The lowest BCUT2D eigenvalue weighted by Crippen LogP contribution is -2.55. The number of rotatable bonds is 13. The highest BCUT2D eigenvalue weighted by molar-refractivity contribution is 4.53. The SMILES string of the molecule is CCCCCCCCCCCC[N+]1(CCC)CCOCC1. The van der Waals surface area contributed by atoms with Gasteiger partial charge in [0.25, 0.3) is 0 Å². The number of morpholine rings is 1. The van der Waals surface area contributed by atoms with E-state index in [2.05, 4.69) is 13.8 Å². The molecule has 21 heavy (non-hydrogen) atoms. The van der Waals surface area contributed by atoms with Crippen LogP contribution in [0.2, 0.25) is 0 Å². The molecule has 0 atom stereocenters. The Bertz CT molecular complexity index is 218. The molecule has 0 aromatic rings. The molecule has 1 saturated heterocycles. The van der Waals surface area contributed by atoms with Crippen LogP contribution in [0.1, 0.15) is 84.5 Å². The zero-order valence-electron chi connectivity index (χ0n) is 14.9. The second-order valence-electron chi connectivity index (χ2n) is 7.03. The first kappa shape index (κ1) is 19.0. The number of hydrogen-bond acceptors (Lipinski definition) is 1. The molecule has 1 aliphatic rings. The molecule has 0 N–H and O–H groups in total. The monoisotopic (exact) mass is 298 g/mol. The van der Waals surface area contributed by atoms with Crippen molar-refractivity contribution in [2.45, 2.75) is 84.5 Å². The average Bonchev–Trinajstić information content (AvgIpc) is 2.50. The highest BCUT2D eigenvalue weighted by atomic mass is 16.5. The van der Waals surface area contributed by atoms with Crippen molar-refractivity contribution in [2.75, 3.05) is 39.4 Å². The first-order valence-electron chi connectivity index (χ1n) is 9.76. The molecule has 0 unspecified atom stereocenters. The van der Waals surface area contributed by atoms with Gasteiger partial charge >= 0.3 is 0 Å². The lowest BCUT2D eigenvalue weighted by Gasteiger charge is -2.41. The Labute approximate surface area is 133 Å². The van der Waals surface area contributed by atoms with Gasteiger partial charge in [0.15, 0.2) is 0 Å². The first-order valence-corrected chi connectivity index (χ1v) is 9.76. The normalized spacial score (nSPS) is 18.0. The van der Waals surface area contributed by atoms with Crippen LogP contribution in [0, 0.1) is 0 Å². The van der Waals surface area contributed by atoms with E-state index >= 15 is 0 Å². The van der Waals surface area contributed by atoms with Crippen LogP contribution in [0.15, 0.2) is 0 Å². The highest BCUT2D eigenvalue weighted by Gasteiger charge is 2.28. The predicted octanol–water partition coefficient (Wildman–Crippen LogP) is 5.16. The molecule has 126 valence electrons. The smallest absolute Gasteiger partial charge is 0.102 e. The fourth-order valence-electron chi connectivity index (χ4n) is 3.70. The molecule has 0 aliphatic carbocycles. The second kappa shape index (κ2) is 12.5. The molecule has 0 saturated carbocycles. The van der Waals surface area contributed by atoms with Crippen molar-refractivity contribution in [2.24, 2.45) is 0 Å². The lowest BCUT2D eigenvalue weighted by molar-refractivity contribution is -0.935. The van der Waals surface area contributed by atoms with Gasteiger partial charge in [0.05, 0.1) is 26.3 Å². The van der Waals surface area contributed by atoms with Crippen molar-refractivity contribution in [1.82, 2.24) is 0 Å². The molecule has 1 heterocycles. The highest BCUT2D eigenvalue weighted by Crippen LogP contribution is 2.16. The molecule has 0 amide bonds. The molecular weight excluding hydrogens is 258 g/mol. The third-order valence-electron chi connectivity index (χ3n) is 5.10. The Morgan fingerprint density at radius 3 is 1.67 bits per heavy atom.